The van der Waals surface area contributed by atoms with Crippen LogP contribution in [0.1, 0.15) is 44.6 Å². The van der Waals surface area contributed by atoms with Crippen molar-refractivity contribution in [2.75, 3.05) is 19.6 Å². The van der Waals surface area contributed by atoms with Crippen molar-refractivity contribution in [1.82, 2.24) is 9.21 Å². The molecule has 1 saturated carbocycles. The van der Waals surface area contributed by atoms with Crippen LogP contribution >= 0.6 is 0 Å². The summed E-state index contributed by atoms with van der Waals surface area (Å²) in [5.74, 6) is 0. The third-order valence-electron chi connectivity index (χ3n) is 5.12. The SMILES string of the molecule is CCCN1CCC(N(C2CC2)S(=O)(=O)c2ccc(C(F)(F)F)cc2)CC1. The van der Waals surface area contributed by atoms with Gasteiger partial charge >= 0.3 is 6.18 Å². The van der Waals surface area contributed by atoms with E-state index in [1.165, 1.54) is 0 Å². The molecule has 1 aromatic carbocycles. The highest BCUT2D eigenvalue weighted by Gasteiger charge is 2.43. The van der Waals surface area contributed by atoms with E-state index in [1.807, 2.05) is 0 Å². The zero-order valence-electron chi connectivity index (χ0n) is 14.9. The molecule has 1 aliphatic carbocycles. The van der Waals surface area contributed by atoms with Crippen LogP contribution in [0, 0.1) is 0 Å². The number of hydrogen-bond donors (Lipinski definition) is 0. The van der Waals surface area contributed by atoms with Crippen molar-refractivity contribution in [3.8, 4) is 0 Å². The standard InChI is InChI=1S/C18H25F3N2O2S/c1-2-11-22-12-9-16(10-13-22)23(15-5-6-15)26(24,25)17-7-3-14(4-8-17)18(19,20)21/h3-4,7-8,15-16H,2,5-6,9-13H2,1H3. The summed E-state index contributed by atoms with van der Waals surface area (Å²) in [6, 6.07) is 3.79. The maximum Gasteiger partial charge on any atom is 0.416 e. The van der Waals surface area contributed by atoms with Crippen LogP contribution in [0.15, 0.2) is 29.2 Å². The van der Waals surface area contributed by atoms with Gasteiger partial charge in [0, 0.05) is 12.1 Å². The van der Waals surface area contributed by atoms with Crippen LogP contribution < -0.4 is 0 Å². The molecule has 0 radical (unpaired) electrons. The first kappa shape index (κ1) is 19.6. The minimum absolute atomic E-state index is 0.00924. The van der Waals surface area contributed by atoms with Gasteiger partial charge in [-0.15, -0.1) is 0 Å². The molecule has 0 amide bonds. The van der Waals surface area contributed by atoms with Crippen molar-refractivity contribution >= 4 is 10.0 Å². The average molecular weight is 390 g/mol. The molecule has 8 heteroatoms. The van der Waals surface area contributed by atoms with Crippen molar-refractivity contribution in [2.45, 2.75) is 62.2 Å². The number of rotatable bonds is 6. The molecule has 2 fully saturated rings. The van der Waals surface area contributed by atoms with Gasteiger partial charge in [-0.3, -0.25) is 0 Å². The van der Waals surface area contributed by atoms with Gasteiger partial charge in [-0.25, -0.2) is 8.42 Å². The lowest BCUT2D eigenvalue weighted by atomic mass is 10.0. The molecular formula is C18H25F3N2O2S. The summed E-state index contributed by atoms with van der Waals surface area (Å²) < 4.78 is 66.0. The second-order valence-corrected chi connectivity index (χ2v) is 9.00. The number of likely N-dealkylation sites (tertiary alicyclic amines) is 1. The van der Waals surface area contributed by atoms with E-state index in [0.29, 0.717) is 0 Å². The first-order valence-corrected chi connectivity index (χ1v) is 10.6. The van der Waals surface area contributed by atoms with Crippen LogP contribution in [0.3, 0.4) is 0 Å². The van der Waals surface area contributed by atoms with Crippen molar-refractivity contribution in [1.29, 1.82) is 0 Å². The summed E-state index contributed by atoms with van der Waals surface area (Å²) in [7, 11) is -3.78. The van der Waals surface area contributed by atoms with Crippen molar-refractivity contribution in [2.24, 2.45) is 0 Å². The summed E-state index contributed by atoms with van der Waals surface area (Å²) in [6.45, 7) is 4.87. The minimum Gasteiger partial charge on any atom is -0.303 e. The van der Waals surface area contributed by atoms with Crippen LogP contribution in [0.25, 0.3) is 0 Å². The normalized spacial score (nSPS) is 20.7. The Hall–Kier alpha value is -1.12. The first-order chi connectivity index (χ1) is 12.2. The number of sulfonamides is 1. The third-order valence-corrected chi connectivity index (χ3v) is 7.14. The van der Waals surface area contributed by atoms with E-state index in [9.17, 15) is 21.6 Å². The molecule has 0 aromatic heterocycles. The second kappa shape index (κ2) is 7.48. The Morgan fingerprint density at radius 2 is 1.58 bits per heavy atom. The predicted octanol–water partition coefficient (Wildman–Crippen LogP) is 3.73. The summed E-state index contributed by atoms with van der Waals surface area (Å²) in [5.41, 5.74) is -0.831. The van der Waals surface area contributed by atoms with E-state index < -0.39 is 21.8 Å². The molecule has 26 heavy (non-hydrogen) atoms. The van der Waals surface area contributed by atoms with E-state index in [1.54, 1.807) is 4.31 Å². The van der Waals surface area contributed by atoms with E-state index in [-0.39, 0.29) is 17.0 Å². The van der Waals surface area contributed by atoms with Gasteiger partial charge in [0.25, 0.3) is 0 Å². The molecule has 4 nitrogen and oxygen atoms in total. The molecule has 1 aromatic rings. The van der Waals surface area contributed by atoms with Gasteiger partial charge in [-0.2, -0.15) is 17.5 Å². The van der Waals surface area contributed by atoms with Gasteiger partial charge in [0.15, 0.2) is 0 Å². The minimum atomic E-state index is -4.47. The Labute approximate surface area is 153 Å². The molecule has 0 spiro atoms. The number of piperidine rings is 1. The van der Waals surface area contributed by atoms with E-state index in [0.717, 1.165) is 76.0 Å². The Kier molecular flexibility index (Phi) is 5.65. The topological polar surface area (TPSA) is 40.6 Å². The largest absolute Gasteiger partial charge is 0.416 e. The zero-order chi connectivity index (χ0) is 18.9. The maximum absolute atomic E-state index is 13.1. The van der Waals surface area contributed by atoms with E-state index in [4.69, 9.17) is 0 Å². The van der Waals surface area contributed by atoms with E-state index in [2.05, 4.69) is 11.8 Å². The number of alkyl halides is 3. The van der Waals surface area contributed by atoms with Crippen molar-refractivity contribution < 1.29 is 21.6 Å². The van der Waals surface area contributed by atoms with Gasteiger partial charge in [-0.05, 0) is 76.0 Å². The van der Waals surface area contributed by atoms with Crippen molar-refractivity contribution in [3.63, 3.8) is 0 Å². The number of benzene rings is 1. The lowest BCUT2D eigenvalue weighted by Gasteiger charge is -2.38. The van der Waals surface area contributed by atoms with Crippen LogP contribution in [0.5, 0.6) is 0 Å². The van der Waals surface area contributed by atoms with Gasteiger partial charge in [-0.1, -0.05) is 6.92 Å². The molecular weight excluding hydrogens is 365 g/mol. The Morgan fingerprint density at radius 1 is 1.04 bits per heavy atom. The molecule has 1 aliphatic heterocycles. The van der Waals surface area contributed by atoms with Crippen LogP contribution in [-0.4, -0.2) is 49.3 Å². The smallest absolute Gasteiger partial charge is 0.303 e. The molecule has 3 rings (SSSR count). The fraction of sp³-hybridized carbons (Fsp3) is 0.667. The molecule has 1 heterocycles. The molecule has 0 unspecified atom stereocenters. The summed E-state index contributed by atoms with van der Waals surface area (Å²) in [6.07, 6.45) is -0.192. The van der Waals surface area contributed by atoms with Gasteiger partial charge in [0.1, 0.15) is 0 Å². The highest BCUT2D eigenvalue weighted by atomic mass is 32.2. The Morgan fingerprint density at radius 3 is 2.04 bits per heavy atom. The van der Waals surface area contributed by atoms with Gasteiger partial charge in [0.05, 0.1) is 10.5 Å². The highest BCUT2D eigenvalue weighted by molar-refractivity contribution is 7.89. The monoisotopic (exact) mass is 390 g/mol. The molecule has 0 atom stereocenters. The summed E-state index contributed by atoms with van der Waals surface area (Å²) in [4.78, 5) is 2.29. The lowest BCUT2D eigenvalue weighted by molar-refractivity contribution is -0.137. The molecule has 146 valence electrons. The fourth-order valence-electron chi connectivity index (χ4n) is 3.67. The van der Waals surface area contributed by atoms with Crippen LogP contribution in [0.2, 0.25) is 0 Å². The first-order valence-electron chi connectivity index (χ1n) is 9.16. The zero-order valence-corrected chi connectivity index (χ0v) is 15.7. The summed E-state index contributed by atoms with van der Waals surface area (Å²) >= 11 is 0. The van der Waals surface area contributed by atoms with Gasteiger partial charge in [0.2, 0.25) is 10.0 Å². The third kappa shape index (κ3) is 4.23. The van der Waals surface area contributed by atoms with Crippen LogP contribution in [0.4, 0.5) is 13.2 Å². The Balaban J connectivity index is 1.79. The fourth-order valence-corrected chi connectivity index (χ4v) is 5.60. The molecule has 1 saturated heterocycles. The number of nitrogens with zero attached hydrogens (tertiary/aromatic N) is 2. The average Bonchev–Trinajstić information content (AvgIpc) is 3.41. The number of hydrogen-bond acceptors (Lipinski definition) is 3. The molecule has 2 aliphatic rings. The lowest BCUT2D eigenvalue weighted by Crippen LogP contribution is -2.48. The second-order valence-electron chi connectivity index (χ2n) is 7.16. The maximum atomic E-state index is 13.1. The highest BCUT2D eigenvalue weighted by Crippen LogP contribution is 2.37. The quantitative estimate of drug-likeness (QED) is 0.743. The summed E-state index contributed by atoms with van der Waals surface area (Å²) in [5, 5.41) is 0. The molecule has 0 N–H and O–H groups in total. The Bertz CT molecular complexity index is 707. The van der Waals surface area contributed by atoms with Crippen molar-refractivity contribution in [3.05, 3.63) is 29.8 Å². The number of halogens is 3. The van der Waals surface area contributed by atoms with E-state index >= 15 is 0 Å². The molecule has 0 bridgehead atoms. The van der Waals surface area contributed by atoms with Gasteiger partial charge < -0.3 is 4.90 Å². The predicted molar refractivity (Wildman–Crippen MR) is 93.2 cm³/mol. The van der Waals surface area contributed by atoms with Crippen LogP contribution in [-0.2, 0) is 16.2 Å².